The third-order valence-electron chi connectivity index (χ3n) is 2.85. The van der Waals surface area contributed by atoms with Crippen molar-refractivity contribution in [2.24, 2.45) is 0 Å². The van der Waals surface area contributed by atoms with Gasteiger partial charge in [0.05, 0.1) is 35.0 Å². The highest BCUT2D eigenvalue weighted by molar-refractivity contribution is 7.99. The van der Waals surface area contributed by atoms with Gasteiger partial charge in [-0.2, -0.15) is 0 Å². The minimum absolute atomic E-state index is 0.128. The summed E-state index contributed by atoms with van der Waals surface area (Å²) in [5.74, 6) is 1.92. The van der Waals surface area contributed by atoms with Gasteiger partial charge >= 0.3 is 0 Å². The van der Waals surface area contributed by atoms with E-state index in [9.17, 15) is 4.79 Å². The summed E-state index contributed by atoms with van der Waals surface area (Å²) in [6.07, 6.45) is 0. The molecule has 0 saturated heterocycles. The molecule has 0 bridgehead atoms. The molecular formula is C15H15Cl2NO3S2. The minimum atomic E-state index is -0.128. The second-order valence-electron chi connectivity index (χ2n) is 4.43. The lowest BCUT2D eigenvalue weighted by Crippen LogP contribution is -2.15. The zero-order chi connectivity index (χ0) is 16.8. The fourth-order valence-electron chi connectivity index (χ4n) is 1.82. The lowest BCUT2D eigenvalue weighted by molar-refractivity contribution is -0.113. The van der Waals surface area contributed by atoms with Crippen LogP contribution in [-0.4, -0.2) is 25.9 Å². The van der Waals surface area contributed by atoms with Crippen LogP contribution >= 0.6 is 46.3 Å². The standard InChI is InChI=1S/C15H15Cl2NO3S2/c1-20-12-6-13(21-2)11(5-10(12)16)18-15(19)8-22-7-9-3-4-14(17)23-9/h3-6H,7-8H2,1-2H3,(H,18,19). The van der Waals surface area contributed by atoms with E-state index in [1.54, 1.807) is 12.1 Å². The van der Waals surface area contributed by atoms with E-state index in [1.807, 2.05) is 12.1 Å². The molecule has 0 atom stereocenters. The highest BCUT2D eigenvalue weighted by Gasteiger charge is 2.12. The summed E-state index contributed by atoms with van der Waals surface area (Å²) < 4.78 is 11.1. The van der Waals surface area contributed by atoms with E-state index in [4.69, 9.17) is 32.7 Å². The fourth-order valence-corrected chi connectivity index (χ4v) is 4.08. The van der Waals surface area contributed by atoms with E-state index in [2.05, 4.69) is 5.32 Å². The number of nitrogens with one attached hydrogen (secondary N) is 1. The average Bonchev–Trinajstić information content (AvgIpc) is 2.93. The Morgan fingerprint density at radius 1 is 1.22 bits per heavy atom. The Labute approximate surface area is 153 Å². The molecule has 124 valence electrons. The summed E-state index contributed by atoms with van der Waals surface area (Å²) in [5, 5.41) is 3.20. The van der Waals surface area contributed by atoms with E-state index in [-0.39, 0.29) is 5.91 Å². The van der Waals surface area contributed by atoms with E-state index in [0.717, 1.165) is 15.0 Å². The molecule has 0 aliphatic heterocycles. The number of amides is 1. The van der Waals surface area contributed by atoms with Gasteiger partial charge in [-0.1, -0.05) is 23.2 Å². The molecule has 1 amide bonds. The predicted molar refractivity (Wildman–Crippen MR) is 98.7 cm³/mol. The monoisotopic (exact) mass is 391 g/mol. The second-order valence-corrected chi connectivity index (χ2v) is 7.63. The average molecular weight is 392 g/mol. The summed E-state index contributed by atoms with van der Waals surface area (Å²) in [6.45, 7) is 0. The van der Waals surface area contributed by atoms with Crippen molar-refractivity contribution in [3.8, 4) is 11.5 Å². The highest BCUT2D eigenvalue weighted by Crippen LogP contribution is 2.36. The lowest BCUT2D eigenvalue weighted by Gasteiger charge is -2.13. The number of hydrogen-bond donors (Lipinski definition) is 1. The number of carbonyl (C=O) groups is 1. The molecule has 0 spiro atoms. The maximum Gasteiger partial charge on any atom is 0.234 e. The number of ether oxygens (including phenoxy) is 2. The molecule has 0 saturated carbocycles. The van der Waals surface area contributed by atoms with Crippen molar-refractivity contribution in [3.63, 3.8) is 0 Å². The number of methoxy groups -OCH3 is 2. The van der Waals surface area contributed by atoms with Crippen LogP contribution in [0.5, 0.6) is 11.5 Å². The number of thiophene rings is 1. The van der Waals surface area contributed by atoms with Crippen molar-refractivity contribution >= 4 is 57.9 Å². The van der Waals surface area contributed by atoms with Crippen LogP contribution in [0.25, 0.3) is 0 Å². The van der Waals surface area contributed by atoms with Crippen LogP contribution in [0.1, 0.15) is 4.88 Å². The van der Waals surface area contributed by atoms with E-state index in [0.29, 0.717) is 28.0 Å². The smallest absolute Gasteiger partial charge is 0.234 e. The Hall–Kier alpha value is -1.08. The van der Waals surface area contributed by atoms with Crippen LogP contribution in [0.2, 0.25) is 9.36 Å². The molecule has 1 aromatic carbocycles. The van der Waals surface area contributed by atoms with Crippen LogP contribution in [0.15, 0.2) is 24.3 Å². The van der Waals surface area contributed by atoms with Crippen molar-refractivity contribution in [2.45, 2.75) is 5.75 Å². The molecule has 4 nitrogen and oxygen atoms in total. The van der Waals surface area contributed by atoms with Gasteiger partial charge in [0.1, 0.15) is 11.5 Å². The third-order valence-corrected chi connectivity index (χ3v) is 5.55. The first-order valence-corrected chi connectivity index (χ1v) is 9.29. The summed E-state index contributed by atoms with van der Waals surface area (Å²) in [5.41, 5.74) is 0.517. The molecule has 2 rings (SSSR count). The normalized spacial score (nSPS) is 10.4. The molecule has 23 heavy (non-hydrogen) atoms. The van der Waals surface area contributed by atoms with Gasteiger partial charge in [-0.3, -0.25) is 4.79 Å². The predicted octanol–water partition coefficient (Wildman–Crippen LogP) is 4.94. The molecule has 0 unspecified atom stereocenters. The van der Waals surface area contributed by atoms with Crippen LogP contribution < -0.4 is 14.8 Å². The van der Waals surface area contributed by atoms with Gasteiger partial charge in [0.25, 0.3) is 0 Å². The largest absolute Gasteiger partial charge is 0.495 e. The molecule has 1 aromatic heterocycles. The van der Waals surface area contributed by atoms with E-state index < -0.39 is 0 Å². The number of thioether (sulfide) groups is 1. The Balaban J connectivity index is 1.93. The molecule has 8 heteroatoms. The number of rotatable bonds is 7. The van der Waals surface area contributed by atoms with E-state index >= 15 is 0 Å². The molecule has 2 aromatic rings. The van der Waals surface area contributed by atoms with Crippen LogP contribution in [-0.2, 0) is 10.5 Å². The Morgan fingerprint density at radius 2 is 1.96 bits per heavy atom. The molecule has 1 heterocycles. The SMILES string of the molecule is COc1cc(OC)c(NC(=O)CSCc2ccc(Cl)s2)cc1Cl. The fraction of sp³-hybridized carbons (Fsp3) is 0.267. The molecule has 0 aliphatic carbocycles. The van der Waals surface area contributed by atoms with Gasteiger partial charge < -0.3 is 14.8 Å². The Kier molecular flexibility index (Phi) is 6.89. The van der Waals surface area contributed by atoms with E-state index in [1.165, 1.54) is 37.3 Å². The number of benzene rings is 1. The van der Waals surface area contributed by atoms with Crippen LogP contribution in [0, 0.1) is 0 Å². The van der Waals surface area contributed by atoms with Gasteiger partial charge in [0.15, 0.2) is 0 Å². The van der Waals surface area contributed by atoms with Crippen molar-refractivity contribution < 1.29 is 14.3 Å². The zero-order valence-electron chi connectivity index (χ0n) is 12.5. The summed E-state index contributed by atoms with van der Waals surface area (Å²) >= 11 is 15.0. The first-order valence-electron chi connectivity index (χ1n) is 6.56. The lowest BCUT2D eigenvalue weighted by atomic mass is 10.2. The zero-order valence-corrected chi connectivity index (χ0v) is 15.7. The van der Waals surface area contributed by atoms with Crippen molar-refractivity contribution in [1.82, 2.24) is 0 Å². The van der Waals surface area contributed by atoms with Gasteiger partial charge in [-0.25, -0.2) is 0 Å². The quantitative estimate of drug-likeness (QED) is 0.725. The Bertz CT molecular complexity index is 691. The number of hydrogen-bond acceptors (Lipinski definition) is 5. The molecule has 0 aliphatic rings. The topological polar surface area (TPSA) is 47.6 Å². The molecule has 0 fully saturated rings. The van der Waals surface area contributed by atoms with Crippen molar-refractivity contribution in [1.29, 1.82) is 0 Å². The third kappa shape index (κ3) is 5.21. The Morgan fingerprint density at radius 3 is 2.57 bits per heavy atom. The summed E-state index contributed by atoms with van der Waals surface area (Å²) in [6, 6.07) is 7.07. The molecule has 0 radical (unpaired) electrons. The van der Waals surface area contributed by atoms with Crippen molar-refractivity contribution in [3.05, 3.63) is 38.5 Å². The minimum Gasteiger partial charge on any atom is -0.495 e. The highest BCUT2D eigenvalue weighted by atomic mass is 35.5. The number of carbonyl (C=O) groups excluding carboxylic acids is 1. The van der Waals surface area contributed by atoms with Gasteiger partial charge in [-0.15, -0.1) is 23.1 Å². The van der Waals surface area contributed by atoms with Gasteiger partial charge in [0, 0.05) is 16.7 Å². The molecular weight excluding hydrogens is 377 g/mol. The van der Waals surface area contributed by atoms with Crippen LogP contribution in [0.3, 0.4) is 0 Å². The molecule has 1 N–H and O–H groups in total. The van der Waals surface area contributed by atoms with Gasteiger partial charge in [-0.05, 0) is 18.2 Å². The maximum atomic E-state index is 12.1. The summed E-state index contributed by atoms with van der Waals surface area (Å²) in [7, 11) is 3.04. The number of anilines is 1. The maximum absolute atomic E-state index is 12.1. The first kappa shape index (κ1) is 18.3. The summed E-state index contributed by atoms with van der Waals surface area (Å²) in [4.78, 5) is 13.2. The second kappa shape index (κ2) is 8.68. The van der Waals surface area contributed by atoms with Gasteiger partial charge in [0.2, 0.25) is 5.91 Å². The van der Waals surface area contributed by atoms with Crippen molar-refractivity contribution in [2.75, 3.05) is 25.3 Å². The van der Waals surface area contributed by atoms with Crippen LogP contribution in [0.4, 0.5) is 5.69 Å². The first-order chi connectivity index (χ1) is 11.0. The number of halogens is 2.